The van der Waals surface area contributed by atoms with Gasteiger partial charge in [0.05, 0.1) is 7.11 Å². The van der Waals surface area contributed by atoms with Gasteiger partial charge in [-0.3, -0.25) is 0 Å². The summed E-state index contributed by atoms with van der Waals surface area (Å²) in [7, 11) is 1.54. The van der Waals surface area contributed by atoms with Crippen molar-refractivity contribution >= 4 is 28.1 Å². The normalized spacial score (nSPS) is 10.8. The fourth-order valence-electron chi connectivity index (χ4n) is 2.58. The molecule has 0 spiro atoms. The number of hydrogen-bond acceptors (Lipinski definition) is 6. The molecule has 3 rings (SSSR count). The molecule has 0 aliphatic carbocycles. The molecule has 1 aromatic carbocycles. The second-order valence-electron chi connectivity index (χ2n) is 5.98. The van der Waals surface area contributed by atoms with E-state index in [1.807, 2.05) is 6.07 Å². The number of benzene rings is 1. The molecule has 0 aliphatic rings. The minimum Gasteiger partial charge on any atom is -0.481 e. The molecular formula is C19H20ClFN4OS. The van der Waals surface area contributed by atoms with Gasteiger partial charge in [-0.1, -0.05) is 54.5 Å². The Bertz CT molecular complexity index is 905. The van der Waals surface area contributed by atoms with Crippen LogP contribution in [0.5, 0.6) is 5.88 Å². The second kappa shape index (κ2) is 9.10. The fourth-order valence-corrected chi connectivity index (χ4v) is 3.64. The summed E-state index contributed by atoms with van der Waals surface area (Å²) < 4.78 is 19.3. The van der Waals surface area contributed by atoms with Crippen LogP contribution in [0.4, 0.5) is 9.52 Å². The van der Waals surface area contributed by atoms with Crippen LogP contribution in [0, 0.1) is 5.82 Å². The number of unbranched alkanes of at least 4 members (excludes halogenated alkanes) is 1. The molecule has 0 atom stereocenters. The minimum atomic E-state index is -0.214. The molecule has 8 heteroatoms. The first-order chi connectivity index (χ1) is 13.1. The standard InChI is InChI=1S/C19H20ClFN4OS/c1-3-4-9-25(12-13-7-5-6-8-15(13)21)19-24-23-18(27-19)14-10-16(20)22-17(11-14)26-2/h5-8,10-11H,3-4,9,12H2,1-2H3. The summed E-state index contributed by atoms with van der Waals surface area (Å²) in [5, 5.41) is 10.4. The van der Waals surface area contributed by atoms with Gasteiger partial charge in [0.2, 0.25) is 11.0 Å². The van der Waals surface area contributed by atoms with E-state index in [0.717, 1.165) is 30.1 Å². The molecule has 0 amide bonds. The summed E-state index contributed by atoms with van der Waals surface area (Å²) in [6.45, 7) is 3.35. The third-order valence-electron chi connectivity index (χ3n) is 4.01. The van der Waals surface area contributed by atoms with Crippen LogP contribution in [0.25, 0.3) is 10.6 Å². The van der Waals surface area contributed by atoms with Crippen LogP contribution in [0.1, 0.15) is 25.3 Å². The average Bonchev–Trinajstić information content (AvgIpc) is 3.16. The van der Waals surface area contributed by atoms with Crippen molar-refractivity contribution in [1.82, 2.24) is 15.2 Å². The van der Waals surface area contributed by atoms with Gasteiger partial charge in [0.15, 0.2) is 0 Å². The Kier molecular flexibility index (Phi) is 6.58. The SMILES string of the molecule is CCCCN(Cc1ccccc1F)c1nnc(-c2cc(Cl)nc(OC)c2)s1. The van der Waals surface area contributed by atoms with E-state index in [0.29, 0.717) is 28.1 Å². The number of rotatable bonds is 8. The summed E-state index contributed by atoms with van der Waals surface area (Å²) in [4.78, 5) is 6.13. The Hall–Kier alpha value is -2.25. The molecule has 2 aromatic heterocycles. The number of pyridine rings is 1. The Labute approximate surface area is 166 Å². The Morgan fingerprint density at radius 3 is 2.78 bits per heavy atom. The lowest BCUT2D eigenvalue weighted by Gasteiger charge is -2.21. The molecule has 0 aliphatic heterocycles. The number of methoxy groups -OCH3 is 1. The van der Waals surface area contributed by atoms with Gasteiger partial charge in [-0.2, -0.15) is 0 Å². The lowest BCUT2D eigenvalue weighted by molar-refractivity contribution is 0.398. The minimum absolute atomic E-state index is 0.214. The maximum atomic E-state index is 14.1. The van der Waals surface area contributed by atoms with Gasteiger partial charge in [-0.05, 0) is 18.6 Å². The third-order valence-corrected chi connectivity index (χ3v) is 5.24. The van der Waals surface area contributed by atoms with Crippen molar-refractivity contribution in [3.63, 3.8) is 0 Å². The van der Waals surface area contributed by atoms with Crippen molar-refractivity contribution in [1.29, 1.82) is 0 Å². The van der Waals surface area contributed by atoms with Crippen molar-refractivity contribution in [2.24, 2.45) is 0 Å². The maximum Gasteiger partial charge on any atom is 0.215 e. The highest BCUT2D eigenvalue weighted by atomic mass is 35.5. The van der Waals surface area contributed by atoms with Gasteiger partial charge >= 0.3 is 0 Å². The molecule has 0 radical (unpaired) electrons. The zero-order chi connectivity index (χ0) is 19.2. The van der Waals surface area contributed by atoms with Crippen LogP contribution in [-0.4, -0.2) is 28.8 Å². The van der Waals surface area contributed by atoms with E-state index in [1.54, 1.807) is 24.3 Å². The number of ether oxygens (including phenoxy) is 1. The summed E-state index contributed by atoms with van der Waals surface area (Å²) in [5.41, 5.74) is 1.43. The highest BCUT2D eigenvalue weighted by Gasteiger charge is 2.16. The molecule has 0 saturated carbocycles. The Balaban J connectivity index is 1.88. The summed E-state index contributed by atoms with van der Waals surface area (Å²) in [6.07, 6.45) is 2.02. The smallest absolute Gasteiger partial charge is 0.215 e. The first-order valence-electron chi connectivity index (χ1n) is 8.64. The summed E-state index contributed by atoms with van der Waals surface area (Å²) in [5.74, 6) is 0.206. The Morgan fingerprint density at radius 2 is 2.04 bits per heavy atom. The van der Waals surface area contributed by atoms with E-state index in [-0.39, 0.29) is 5.82 Å². The number of anilines is 1. The summed E-state index contributed by atoms with van der Waals surface area (Å²) in [6, 6.07) is 10.3. The van der Waals surface area contributed by atoms with Gasteiger partial charge in [0, 0.05) is 30.3 Å². The van der Waals surface area contributed by atoms with E-state index in [1.165, 1.54) is 24.5 Å². The van der Waals surface area contributed by atoms with E-state index < -0.39 is 0 Å². The van der Waals surface area contributed by atoms with E-state index in [2.05, 4.69) is 27.0 Å². The molecule has 2 heterocycles. The van der Waals surface area contributed by atoms with Crippen molar-refractivity contribution < 1.29 is 9.13 Å². The van der Waals surface area contributed by atoms with Gasteiger partial charge < -0.3 is 9.64 Å². The predicted octanol–water partition coefficient (Wildman–Crippen LogP) is 5.21. The van der Waals surface area contributed by atoms with Crippen LogP contribution < -0.4 is 9.64 Å². The van der Waals surface area contributed by atoms with Crippen LogP contribution >= 0.6 is 22.9 Å². The fraction of sp³-hybridized carbons (Fsp3) is 0.316. The highest BCUT2D eigenvalue weighted by Crippen LogP contribution is 2.32. The molecule has 0 bridgehead atoms. The van der Waals surface area contributed by atoms with Crippen molar-refractivity contribution in [3.05, 3.63) is 52.9 Å². The second-order valence-corrected chi connectivity index (χ2v) is 7.32. The van der Waals surface area contributed by atoms with Gasteiger partial charge in [-0.15, -0.1) is 10.2 Å². The number of nitrogens with zero attached hydrogens (tertiary/aromatic N) is 4. The number of aromatic nitrogens is 3. The molecule has 27 heavy (non-hydrogen) atoms. The maximum absolute atomic E-state index is 14.1. The zero-order valence-electron chi connectivity index (χ0n) is 15.2. The lowest BCUT2D eigenvalue weighted by atomic mass is 10.2. The first kappa shape index (κ1) is 19.5. The van der Waals surface area contributed by atoms with Gasteiger partial charge in [-0.25, -0.2) is 9.37 Å². The van der Waals surface area contributed by atoms with Crippen LogP contribution in [0.3, 0.4) is 0 Å². The quantitative estimate of drug-likeness (QED) is 0.481. The topological polar surface area (TPSA) is 51.1 Å². The first-order valence-corrected chi connectivity index (χ1v) is 9.84. The van der Waals surface area contributed by atoms with Crippen molar-refractivity contribution in [3.8, 4) is 16.5 Å². The van der Waals surface area contributed by atoms with Crippen LogP contribution in [0.15, 0.2) is 36.4 Å². The van der Waals surface area contributed by atoms with E-state index in [4.69, 9.17) is 16.3 Å². The zero-order valence-corrected chi connectivity index (χ0v) is 16.7. The predicted molar refractivity (Wildman–Crippen MR) is 107 cm³/mol. The van der Waals surface area contributed by atoms with E-state index in [9.17, 15) is 4.39 Å². The molecule has 5 nitrogen and oxygen atoms in total. The van der Waals surface area contributed by atoms with E-state index >= 15 is 0 Å². The van der Waals surface area contributed by atoms with Crippen molar-refractivity contribution in [2.45, 2.75) is 26.3 Å². The monoisotopic (exact) mass is 406 g/mol. The molecule has 3 aromatic rings. The van der Waals surface area contributed by atoms with Gasteiger partial charge in [0.25, 0.3) is 0 Å². The van der Waals surface area contributed by atoms with Crippen molar-refractivity contribution in [2.75, 3.05) is 18.6 Å². The van der Waals surface area contributed by atoms with Crippen LogP contribution in [-0.2, 0) is 6.54 Å². The molecule has 0 unspecified atom stereocenters. The number of hydrogen-bond donors (Lipinski definition) is 0. The average molecular weight is 407 g/mol. The number of halogens is 2. The van der Waals surface area contributed by atoms with Crippen LogP contribution in [0.2, 0.25) is 5.15 Å². The molecule has 142 valence electrons. The Morgan fingerprint density at radius 1 is 1.22 bits per heavy atom. The molecule has 0 fully saturated rings. The lowest BCUT2D eigenvalue weighted by Crippen LogP contribution is -2.24. The molecular weight excluding hydrogens is 387 g/mol. The van der Waals surface area contributed by atoms with Gasteiger partial charge in [0.1, 0.15) is 16.0 Å². The third kappa shape index (κ3) is 4.93. The largest absolute Gasteiger partial charge is 0.481 e. The molecule has 0 saturated heterocycles. The molecule has 0 N–H and O–H groups in total. The summed E-state index contributed by atoms with van der Waals surface area (Å²) >= 11 is 7.49. The highest BCUT2D eigenvalue weighted by molar-refractivity contribution is 7.18.